The fraction of sp³-hybridized carbons (Fsp3) is 0.631. The van der Waals surface area contributed by atoms with Crippen molar-refractivity contribution in [1.29, 1.82) is 0 Å². The summed E-state index contributed by atoms with van der Waals surface area (Å²) in [6, 6.07) is 19.7. The van der Waals surface area contributed by atoms with Crippen LogP contribution < -0.4 is 26.1 Å². The number of hydrogen-bond acceptors (Lipinski definition) is 11. The molecular weight excluding hydrogens is 1260 g/mol. The topological polar surface area (TPSA) is 159 Å². The van der Waals surface area contributed by atoms with Gasteiger partial charge in [-0.1, -0.05) is 120 Å². The molecule has 5 atom stereocenters. The smallest absolute Gasteiger partial charge is 0.456 e. The van der Waals surface area contributed by atoms with Crippen molar-refractivity contribution < 1.29 is 90.7 Å². The van der Waals surface area contributed by atoms with Crippen LogP contribution >= 0.6 is 11.8 Å². The third-order valence-corrected chi connectivity index (χ3v) is 17.9. The summed E-state index contributed by atoms with van der Waals surface area (Å²) < 4.78 is 208. The second kappa shape index (κ2) is 33.8. The van der Waals surface area contributed by atoms with Gasteiger partial charge in [0.1, 0.15) is 42.7 Å². The molecule has 1 fully saturated rings. The first kappa shape index (κ1) is 75.5. The fourth-order valence-corrected chi connectivity index (χ4v) is 12.4. The second-order valence-corrected chi connectivity index (χ2v) is 24.1. The van der Waals surface area contributed by atoms with E-state index in [0.717, 1.165) is 137 Å². The zero-order chi connectivity index (χ0) is 67.7. The molecule has 1 aromatic heterocycles. The summed E-state index contributed by atoms with van der Waals surface area (Å²) in [6.07, 6.45) is -1.29. The van der Waals surface area contributed by atoms with Crippen molar-refractivity contribution in [3.8, 4) is 22.5 Å². The molecule has 13 nitrogen and oxygen atoms in total. The van der Waals surface area contributed by atoms with Gasteiger partial charge in [0.05, 0.1) is 18.8 Å². The summed E-state index contributed by atoms with van der Waals surface area (Å²) >= 11 is 0.803. The normalized spacial score (nSPS) is 17.3. The van der Waals surface area contributed by atoms with E-state index in [-0.39, 0.29) is 17.7 Å². The number of halogens is 13. The number of aliphatic hydroxyl groups is 2. The van der Waals surface area contributed by atoms with E-state index >= 15 is 0 Å². The molecule has 3 N–H and O–H groups in total. The summed E-state index contributed by atoms with van der Waals surface area (Å²) in [5, 5.41) is 21.4. The lowest BCUT2D eigenvalue weighted by atomic mass is 9.91. The van der Waals surface area contributed by atoms with Crippen molar-refractivity contribution in [1.82, 2.24) is 14.1 Å². The third-order valence-electron chi connectivity index (χ3n) is 16.8. The van der Waals surface area contributed by atoms with Gasteiger partial charge < -0.3 is 33.7 Å². The molecule has 0 spiro atoms. The van der Waals surface area contributed by atoms with Crippen molar-refractivity contribution in [2.24, 2.45) is 0 Å². The van der Waals surface area contributed by atoms with E-state index < -0.39 is 109 Å². The van der Waals surface area contributed by atoms with E-state index in [1.807, 2.05) is 64.1 Å². The highest BCUT2D eigenvalue weighted by Crippen LogP contribution is 2.61. The Labute approximate surface area is 530 Å². The van der Waals surface area contributed by atoms with Crippen LogP contribution in [0, 0.1) is 0 Å². The average Bonchev–Trinajstić information content (AvgIpc) is 0.833. The lowest BCUT2D eigenvalue weighted by Crippen LogP contribution is -2.70. The van der Waals surface area contributed by atoms with Crippen LogP contribution in [-0.4, -0.2) is 137 Å². The number of nitrogens with zero attached hydrogens (tertiary/aromatic N) is 3. The highest BCUT2D eigenvalue weighted by Gasteiger charge is 2.90. The van der Waals surface area contributed by atoms with Gasteiger partial charge in [0, 0.05) is 90.6 Å². The number of alkyl halides is 13. The number of thioether (sulfide) groups is 1. The molecule has 92 heavy (non-hydrogen) atoms. The number of rotatable bonds is 39. The molecule has 2 aromatic carbocycles. The minimum atomic E-state index is -7.99. The zero-order valence-electron chi connectivity index (χ0n) is 52.1. The van der Waals surface area contributed by atoms with Crippen LogP contribution in [0.4, 0.5) is 62.8 Å². The van der Waals surface area contributed by atoms with Gasteiger partial charge >= 0.3 is 41.5 Å². The molecule has 3 aromatic rings. The molecule has 0 amide bonds. The molecule has 6 rings (SSSR count). The number of nitrogens with one attached hydrogen (secondary N) is 1. The van der Waals surface area contributed by atoms with E-state index in [0.29, 0.717) is 59.3 Å². The Kier molecular flexibility index (Phi) is 27.7. The third kappa shape index (κ3) is 17.9. The number of carbonyl (C=O) groups excluding carboxylic acids is 1. The Bertz CT molecular complexity index is 3300. The zero-order valence-corrected chi connectivity index (χ0v) is 52.9. The maximum Gasteiger partial charge on any atom is 0.460 e. The first-order valence-corrected chi connectivity index (χ1v) is 32.6. The van der Waals surface area contributed by atoms with Crippen LogP contribution in [0.2, 0.25) is 0 Å². The van der Waals surface area contributed by atoms with Crippen LogP contribution in [0.15, 0.2) is 86.9 Å². The van der Waals surface area contributed by atoms with E-state index in [2.05, 4.69) is 14.5 Å². The van der Waals surface area contributed by atoms with Gasteiger partial charge in [-0.15, -0.1) is 0 Å². The van der Waals surface area contributed by atoms with Crippen LogP contribution in [0.5, 0.6) is 0 Å². The van der Waals surface area contributed by atoms with Crippen molar-refractivity contribution in [2.45, 2.75) is 210 Å². The second-order valence-electron chi connectivity index (χ2n) is 23.1. The minimum Gasteiger partial charge on any atom is -0.456 e. The largest absolute Gasteiger partial charge is 0.460 e. The predicted octanol–water partition coefficient (Wildman–Crippen LogP) is 15.1. The number of aliphatic hydroxyl groups excluding tert-OH is 2. The molecule has 1 saturated heterocycles. The number of aromatic amines is 1. The maximum absolute atomic E-state index is 14.8. The van der Waals surface area contributed by atoms with Crippen LogP contribution in [-0.2, 0) is 14.2 Å². The molecule has 0 bridgehead atoms. The van der Waals surface area contributed by atoms with E-state index in [9.17, 15) is 81.7 Å². The quantitative estimate of drug-likeness (QED) is 0.0149. The molecule has 0 radical (unpaired) electrons. The van der Waals surface area contributed by atoms with E-state index in [1.54, 1.807) is 24.3 Å². The van der Waals surface area contributed by atoms with Crippen molar-refractivity contribution in [2.75, 3.05) is 56.7 Å². The SMILES string of the molecule is CCN(CC)c1ccc2c(-c3ccccc3C(=O)SCC(CCCCCCCCCCCCCCCCCO[C@H]3[C@@H](O)[C@@H](CO)O[C@H]3n3ccc(=O)[nH]c3=O)OCCCC(F)(F)C(F)(F)C(F)(F)C(F)(F)C(F)(F)C(F)(F)F)c3ccc(=[N+](CC)CC)cc-3oc2c1. The molecule has 1 unspecified atom stereocenters. The Morgan fingerprint density at radius 1 is 0.696 bits per heavy atom. The first-order valence-electron chi connectivity index (χ1n) is 31.6. The molecule has 514 valence electrons. The molecule has 1 aliphatic carbocycles. The Hall–Kier alpha value is -5.48. The molecule has 3 aliphatic rings. The number of benzene rings is 3. The standard InChI is InChI=1S/C65H83F13N4O9S/c1-5-80(6-2)43-30-32-48-50(39-43)90-51-40-44(81(7-3)8-4)31-33-49(51)54(48)46-28-23-24-29-47(46)58(86)92-42-45(88-38-26-35-60(66,67)61(68,69)62(70,71)63(72,73)64(74,75)65(76,77)78)27-22-20-18-16-14-12-10-9-11-13-15-17-19-21-25-37-89-56-55(85)52(41-83)91-57(56)82-36-34-53(84)79-59(82)87/h23-24,28-34,36,39-40,45,52,55-57,83,85H,5-22,25-27,35,37-38,41-42H2,1-4H3/p+1/t45?,52-,55+,56+,57-/m1/s1. The highest BCUT2D eigenvalue weighted by molar-refractivity contribution is 8.14. The number of anilines is 1. The number of aromatic nitrogens is 2. The average molecular weight is 1340 g/mol. The van der Waals surface area contributed by atoms with Gasteiger partial charge in [0.25, 0.3) is 5.56 Å². The van der Waals surface area contributed by atoms with E-state index in [4.69, 9.17) is 18.6 Å². The van der Waals surface area contributed by atoms with Gasteiger partial charge in [-0.25, -0.2) is 9.37 Å². The number of H-pyrrole nitrogens is 1. The van der Waals surface area contributed by atoms with Crippen molar-refractivity contribution in [3.63, 3.8) is 0 Å². The minimum absolute atomic E-state index is 0.139. The maximum atomic E-state index is 14.8. The molecule has 27 heteroatoms. The lowest BCUT2D eigenvalue weighted by molar-refractivity contribution is -0.440. The predicted molar refractivity (Wildman–Crippen MR) is 327 cm³/mol. The molecular formula is C65H84F13N4O9S+. The number of unbranched alkanes of at least 4 members (excludes halogenated alkanes) is 14. The fourth-order valence-electron chi connectivity index (χ4n) is 11.5. The summed E-state index contributed by atoms with van der Waals surface area (Å²) in [6.45, 7) is 9.92. The Morgan fingerprint density at radius 2 is 1.28 bits per heavy atom. The Morgan fingerprint density at radius 3 is 1.86 bits per heavy atom. The summed E-state index contributed by atoms with van der Waals surface area (Å²) in [4.78, 5) is 42.7. The summed E-state index contributed by atoms with van der Waals surface area (Å²) in [5.41, 5.74) is 2.37. The molecule has 3 heterocycles. The first-order chi connectivity index (χ1) is 43.5. The van der Waals surface area contributed by atoms with Gasteiger partial charge in [-0.3, -0.25) is 19.1 Å². The number of hydrogen-bond donors (Lipinski definition) is 3. The number of ether oxygens (including phenoxy) is 3. The summed E-state index contributed by atoms with van der Waals surface area (Å²) in [5.74, 6) is -36.9. The van der Waals surface area contributed by atoms with Crippen LogP contribution in [0.1, 0.15) is 160 Å². The van der Waals surface area contributed by atoms with Gasteiger partial charge in [0.15, 0.2) is 6.23 Å². The molecule has 0 saturated carbocycles. The summed E-state index contributed by atoms with van der Waals surface area (Å²) in [7, 11) is 0. The number of fused-ring (bicyclic) bond motifs is 2. The monoisotopic (exact) mass is 1340 g/mol. The van der Waals surface area contributed by atoms with E-state index in [1.165, 1.54) is 6.20 Å². The Balaban J connectivity index is 1.02. The van der Waals surface area contributed by atoms with Gasteiger partial charge in [-0.05, 0) is 76.8 Å². The van der Waals surface area contributed by atoms with Gasteiger partial charge in [-0.2, -0.15) is 57.1 Å². The number of carbonyl (C=O) groups is 1. The van der Waals surface area contributed by atoms with Crippen molar-refractivity contribution >= 4 is 33.5 Å². The van der Waals surface area contributed by atoms with Gasteiger partial charge in [0.2, 0.25) is 10.5 Å². The highest BCUT2D eigenvalue weighted by atomic mass is 32.2. The lowest BCUT2D eigenvalue weighted by Gasteiger charge is -2.39. The van der Waals surface area contributed by atoms with Crippen LogP contribution in [0.3, 0.4) is 0 Å². The molecule has 2 aliphatic heterocycles. The van der Waals surface area contributed by atoms with Crippen molar-refractivity contribution in [3.05, 3.63) is 105 Å². The van der Waals surface area contributed by atoms with Crippen LogP contribution in [0.25, 0.3) is 33.4 Å².